The van der Waals surface area contributed by atoms with E-state index in [2.05, 4.69) is 0 Å². The molecule has 0 aromatic heterocycles. The van der Waals surface area contributed by atoms with Gasteiger partial charge in [0.2, 0.25) is 0 Å². The molecule has 0 heterocycles. The Labute approximate surface area is 142 Å². The van der Waals surface area contributed by atoms with E-state index in [1.807, 2.05) is 19.1 Å². The van der Waals surface area contributed by atoms with Gasteiger partial charge in [-0.05, 0) is 48.7 Å². The molecule has 0 aliphatic rings. The summed E-state index contributed by atoms with van der Waals surface area (Å²) in [5, 5.41) is 17.9. The van der Waals surface area contributed by atoms with Gasteiger partial charge in [0, 0.05) is 19.3 Å². The number of carbonyl (C=O) groups excluding carboxylic acids is 2. The van der Waals surface area contributed by atoms with Crippen LogP contribution in [0.15, 0.2) is 48.5 Å². The normalized spacial score (nSPS) is 9.75. The van der Waals surface area contributed by atoms with Crippen molar-refractivity contribution in [1.29, 1.82) is 0 Å². The van der Waals surface area contributed by atoms with E-state index in [0.29, 0.717) is 19.3 Å². The molecule has 2 aromatic carbocycles. The van der Waals surface area contributed by atoms with Gasteiger partial charge in [-0.15, -0.1) is 0 Å². The van der Waals surface area contributed by atoms with Crippen molar-refractivity contribution >= 4 is 11.6 Å². The van der Waals surface area contributed by atoms with Crippen LogP contribution in [0.5, 0.6) is 11.5 Å². The van der Waals surface area contributed by atoms with Gasteiger partial charge in [-0.1, -0.05) is 31.2 Å². The van der Waals surface area contributed by atoms with Gasteiger partial charge in [-0.25, -0.2) is 0 Å². The molecule has 0 amide bonds. The van der Waals surface area contributed by atoms with E-state index in [1.54, 1.807) is 43.3 Å². The largest absolute Gasteiger partial charge is 0.508 e. The van der Waals surface area contributed by atoms with Crippen LogP contribution in [0.4, 0.5) is 0 Å². The van der Waals surface area contributed by atoms with Crippen LogP contribution in [-0.2, 0) is 22.4 Å². The molecule has 4 nitrogen and oxygen atoms in total. The quantitative estimate of drug-likeness (QED) is 0.845. The molecular formula is C20H24O4. The third-order valence-electron chi connectivity index (χ3n) is 3.43. The van der Waals surface area contributed by atoms with Gasteiger partial charge in [0.05, 0.1) is 0 Å². The summed E-state index contributed by atoms with van der Waals surface area (Å²) in [5.74, 6) is 0.924. The third-order valence-corrected chi connectivity index (χ3v) is 3.43. The van der Waals surface area contributed by atoms with E-state index in [-0.39, 0.29) is 23.1 Å². The van der Waals surface area contributed by atoms with Crippen molar-refractivity contribution in [3.63, 3.8) is 0 Å². The Morgan fingerprint density at radius 3 is 1.71 bits per heavy atom. The smallest absolute Gasteiger partial charge is 0.136 e. The Balaban J connectivity index is 0.000000240. The van der Waals surface area contributed by atoms with Gasteiger partial charge in [-0.2, -0.15) is 0 Å². The van der Waals surface area contributed by atoms with E-state index in [9.17, 15) is 9.59 Å². The topological polar surface area (TPSA) is 74.6 Å². The van der Waals surface area contributed by atoms with Crippen molar-refractivity contribution in [2.24, 2.45) is 0 Å². The molecule has 0 aliphatic heterocycles. The fourth-order valence-electron chi connectivity index (χ4n) is 1.95. The Morgan fingerprint density at radius 1 is 0.833 bits per heavy atom. The molecule has 0 unspecified atom stereocenters. The zero-order valence-electron chi connectivity index (χ0n) is 14.2. The minimum Gasteiger partial charge on any atom is -0.508 e. The number of aromatic hydroxyl groups is 2. The maximum atomic E-state index is 11.0. The van der Waals surface area contributed by atoms with E-state index in [4.69, 9.17) is 10.2 Å². The van der Waals surface area contributed by atoms with Crippen molar-refractivity contribution in [2.75, 3.05) is 0 Å². The number of Topliss-reactive ketones (excluding diaryl/α,β-unsaturated/α-hetero) is 2. The second-order valence-corrected chi connectivity index (χ2v) is 5.60. The molecule has 0 fully saturated rings. The fraction of sp³-hybridized carbons (Fsp3) is 0.300. The minimum atomic E-state index is 0.197. The first-order valence-corrected chi connectivity index (χ1v) is 7.97. The molecule has 0 saturated carbocycles. The Hall–Kier alpha value is -2.62. The molecule has 24 heavy (non-hydrogen) atoms. The summed E-state index contributed by atoms with van der Waals surface area (Å²) in [6.07, 6.45) is 2.37. The molecule has 0 atom stereocenters. The van der Waals surface area contributed by atoms with E-state index in [0.717, 1.165) is 17.5 Å². The Kier molecular flexibility index (Phi) is 8.26. The minimum absolute atomic E-state index is 0.197. The van der Waals surface area contributed by atoms with Crippen LogP contribution < -0.4 is 0 Å². The molecule has 2 aromatic rings. The number of hydrogen-bond donors (Lipinski definition) is 2. The third kappa shape index (κ3) is 8.13. The van der Waals surface area contributed by atoms with Gasteiger partial charge in [-0.3, -0.25) is 4.79 Å². The lowest BCUT2D eigenvalue weighted by molar-refractivity contribution is -0.118. The van der Waals surface area contributed by atoms with Crippen LogP contribution in [0.1, 0.15) is 37.8 Å². The highest BCUT2D eigenvalue weighted by Crippen LogP contribution is 2.11. The summed E-state index contributed by atoms with van der Waals surface area (Å²) >= 11 is 0. The summed E-state index contributed by atoms with van der Waals surface area (Å²) in [6.45, 7) is 3.43. The number of benzene rings is 2. The SMILES string of the molecule is CC(=O)CCc1ccc(O)cc1.CCC(=O)Cc1ccc(O)cc1. The van der Waals surface area contributed by atoms with Crippen LogP contribution in [0.25, 0.3) is 0 Å². The molecule has 128 valence electrons. The molecule has 2 N–H and O–H groups in total. The number of ketones is 2. The van der Waals surface area contributed by atoms with Gasteiger partial charge in [0.25, 0.3) is 0 Å². The highest BCUT2D eigenvalue weighted by atomic mass is 16.3. The average molecular weight is 328 g/mol. The monoisotopic (exact) mass is 328 g/mol. The van der Waals surface area contributed by atoms with Crippen molar-refractivity contribution < 1.29 is 19.8 Å². The number of phenolic OH excluding ortho intramolecular Hbond substituents is 2. The molecule has 0 bridgehead atoms. The molecular weight excluding hydrogens is 304 g/mol. The fourth-order valence-corrected chi connectivity index (χ4v) is 1.95. The molecule has 0 spiro atoms. The zero-order chi connectivity index (χ0) is 17.9. The summed E-state index contributed by atoms with van der Waals surface area (Å²) < 4.78 is 0. The molecule has 0 radical (unpaired) electrons. The zero-order valence-corrected chi connectivity index (χ0v) is 14.2. The first-order chi connectivity index (χ1) is 11.4. The van der Waals surface area contributed by atoms with Crippen LogP contribution in [-0.4, -0.2) is 21.8 Å². The summed E-state index contributed by atoms with van der Waals surface area (Å²) in [5.41, 5.74) is 2.04. The van der Waals surface area contributed by atoms with Crippen LogP contribution in [0, 0.1) is 0 Å². The van der Waals surface area contributed by atoms with E-state index >= 15 is 0 Å². The number of hydrogen-bond acceptors (Lipinski definition) is 4. The second-order valence-electron chi connectivity index (χ2n) is 5.60. The lowest BCUT2D eigenvalue weighted by Gasteiger charge is -1.98. The second kappa shape index (κ2) is 10.2. The average Bonchev–Trinajstić information content (AvgIpc) is 2.57. The number of carbonyl (C=O) groups is 2. The van der Waals surface area contributed by atoms with Crippen LogP contribution in [0.3, 0.4) is 0 Å². The Bertz CT molecular complexity index is 642. The van der Waals surface area contributed by atoms with Crippen molar-refractivity contribution in [3.8, 4) is 11.5 Å². The van der Waals surface area contributed by atoms with E-state index in [1.165, 1.54) is 0 Å². The summed E-state index contributed by atoms with van der Waals surface area (Å²) in [7, 11) is 0. The first-order valence-electron chi connectivity index (χ1n) is 7.97. The Morgan fingerprint density at radius 2 is 1.29 bits per heavy atom. The predicted octanol–water partition coefficient (Wildman–Crippen LogP) is 3.83. The maximum absolute atomic E-state index is 11.0. The van der Waals surface area contributed by atoms with Crippen molar-refractivity contribution in [3.05, 3.63) is 59.7 Å². The van der Waals surface area contributed by atoms with Crippen molar-refractivity contribution in [2.45, 2.75) is 39.5 Å². The lowest BCUT2D eigenvalue weighted by atomic mass is 10.1. The molecule has 0 aliphatic carbocycles. The number of phenols is 2. The number of rotatable bonds is 6. The van der Waals surface area contributed by atoms with Crippen molar-refractivity contribution in [1.82, 2.24) is 0 Å². The highest BCUT2D eigenvalue weighted by molar-refractivity contribution is 5.80. The van der Waals surface area contributed by atoms with E-state index < -0.39 is 0 Å². The number of aryl methyl sites for hydroxylation is 1. The van der Waals surface area contributed by atoms with Gasteiger partial charge in [0.15, 0.2) is 0 Å². The first kappa shape index (κ1) is 19.4. The van der Waals surface area contributed by atoms with Gasteiger partial charge < -0.3 is 15.0 Å². The highest BCUT2D eigenvalue weighted by Gasteiger charge is 1.99. The van der Waals surface area contributed by atoms with Gasteiger partial charge >= 0.3 is 0 Å². The molecule has 2 rings (SSSR count). The molecule has 4 heteroatoms. The van der Waals surface area contributed by atoms with Crippen LogP contribution >= 0.6 is 0 Å². The lowest BCUT2D eigenvalue weighted by Crippen LogP contribution is -1.99. The molecule has 0 saturated heterocycles. The predicted molar refractivity (Wildman–Crippen MR) is 94.2 cm³/mol. The van der Waals surface area contributed by atoms with Gasteiger partial charge in [0.1, 0.15) is 23.1 Å². The summed E-state index contributed by atoms with van der Waals surface area (Å²) in [6, 6.07) is 13.7. The van der Waals surface area contributed by atoms with Crippen LogP contribution in [0.2, 0.25) is 0 Å². The standard InChI is InChI=1S/2C10H12O2/c1-8(11)2-3-9-4-6-10(12)7-5-9;1-2-9(11)7-8-3-5-10(12)6-4-8/h4-7,12H,2-3H2,1H3;3-6,12H,2,7H2,1H3. The summed E-state index contributed by atoms with van der Waals surface area (Å²) in [4.78, 5) is 21.6. The maximum Gasteiger partial charge on any atom is 0.136 e.